The van der Waals surface area contributed by atoms with Crippen molar-refractivity contribution >= 4 is 15.9 Å². The molecule has 2 rings (SSSR count). The van der Waals surface area contributed by atoms with E-state index in [0.717, 1.165) is 11.8 Å². The lowest BCUT2D eigenvalue weighted by molar-refractivity contribution is 0.136. The monoisotopic (exact) mass is 364 g/mol. The Kier molecular flexibility index (Phi) is 5.47. The van der Waals surface area contributed by atoms with Gasteiger partial charge < -0.3 is 0 Å². The summed E-state index contributed by atoms with van der Waals surface area (Å²) in [6, 6.07) is 8.85. The summed E-state index contributed by atoms with van der Waals surface area (Å²) in [5.41, 5.74) is 2.34. The molecule has 0 spiro atoms. The summed E-state index contributed by atoms with van der Waals surface area (Å²) in [5, 5.41) is 0. The summed E-state index contributed by atoms with van der Waals surface area (Å²) in [5.74, 6) is 2.34. The molecule has 0 N–H and O–H groups in total. The van der Waals surface area contributed by atoms with Crippen molar-refractivity contribution in [2.45, 2.75) is 73.1 Å². The van der Waals surface area contributed by atoms with Crippen LogP contribution in [0, 0.1) is 22.7 Å². The minimum Gasteiger partial charge on any atom is -0.0619 e. The quantitative estimate of drug-likeness (QED) is 0.454. The van der Waals surface area contributed by atoms with Gasteiger partial charge in [-0.3, -0.25) is 0 Å². The number of benzene rings is 1. The first kappa shape index (κ1) is 18.0. The lowest BCUT2D eigenvalue weighted by Gasteiger charge is -2.37. The fourth-order valence-corrected chi connectivity index (χ4v) is 4.61. The Labute approximate surface area is 146 Å². The van der Waals surface area contributed by atoms with E-state index >= 15 is 0 Å². The van der Waals surface area contributed by atoms with E-state index in [0.29, 0.717) is 16.7 Å². The van der Waals surface area contributed by atoms with Gasteiger partial charge in [-0.05, 0) is 65.9 Å². The lowest BCUT2D eigenvalue weighted by atomic mass is 9.68. The molecule has 0 aliphatic heterocycles. The van der Waals surface area contributed by atoms with Crippen LogP contribution in [-0.4, -0.2) is 0 Å². The van der Waals surface area contributed by atoms with E-state index in [9.17, 15) is 0 Å². The third-order valence-corrected chi connectivity index (χ3v) is 6.52. The molecule has 0 heterocycles. The van der Waals surface area contributed by atoms with Gasteiger partial charge in [0.25, 0.3) is 0 Å². The van der Waals surface area contributed by atoms with E-state index in [4.69, 9.17) is 0 Å². The van der Waals surface area contributed by atoms with Crippen LogP contribution in [0.5, 0.6) is 0 Å². The zero-order valence-corrected chi connectivity index (χ0v) is 16.8. The summed E-state index contributed by atoms with van der Waals surface area (Å²) in [7, 11) is 0. The summed E-state index contributed by atoms with van der Waals surface area (Å²) < 4.78 is 1.29. The van der Waals surface area contributed by atoms with E-state index in [-0.39, 0.29) is 0 Å². The van der Waals surface area contributed by atoms with Gasteiger partial charge in [0, 0.05) is 4.47 Å². The van der Waals surface area contributed by atoms with Crippen LogP contribution in [0.25, 0.3) is 0 Å². The average Bonchev–Trinajstić information content (AvgIpc) is 2.61. The lowest BCUT2D eigenvalue weighted by Crippen LogP contribution is -2.27. The maximum Gasteiger partial charge on any atom is 0.0210 e. The topological polar surface area (TPSA) is 0 Å². The highest BCUT2D eigenvalue weighted by Gasteiger charge is 2.37. The van der Waals surface area contributed by atoms with Crippen LogP contribution in [0.4, 0.5) is 0 Å². The summed E-state index contributed by atoms with van der Waals surface area (Å²) >= 11 is 3.78. The highest BCUT2D eigenvalue weighted by atomic mass is 79.9. The molecule has 0 radical (unpaired) electrons. The van der Waals surface area contributed by atoms with Crippen LogP contribution in [0.1, 0.15) is 78.7 Å². The Morgan fingerprint density at radius 1 is 0.818 bits per heavy atom. The van der Waals surface area contributed by atoms with Gasteiger partial charge in [-0.1, -0.05) is 75.7 Å². The number of hydrogen-bond acceptors (Lipinski definition) is 0. The molecule has 0 amide bonds. The minimum atomic E-state index is 0.396. The van der Waals surface area contributed by atoms with Crippen LogP contribution in [-0.2, 0) is 0 Å². The Balaban J connectivity index is 2.30. The number of halogens is 1. The molecule has 3 atom stereocenters. The molecule has 1 aliphatic rings. The zero-order chi connectivity index (χ0) is 16.5. The summed E-state index contributed by atoms with van der Waals surface area (Å²) in [4.78, 5) is 0. The maximum atomic E-state index is 3.78. The Hall–Kier alpha value is -0.300. The largest absolute Gasteiger partial charge is 0.0619 e. The first-order valence-corrected chi connectivity index (χ1v) is 9.62. The smallest absolute Gasteiger partial charge is 0.0210 e. The fourth-order valence-electron chi connectivity index (χ4n) is 4.00. The number of hydrogen-bond donors (Lipinski definition) is 0. The first-order valence-electron chi connectivity index (χ1n) is 8.83. The van der Waals surface area contributed by atoms with E-state index in [1.807, 2.05) is 0 Å². The van der Waals surface area contributed by atoms with Gasteiger partial charge in [-0.25, -0.2) is 0 Å². The summed E-state index contributed by atoms with van der Waals surface area (Å²) in [6.07, 6.45) is 5.41. The molecule has 124 valence electrons. The van der Waals surface area contributed by atoms with Gasteiger partial charge in [-0.2, -0.15) is 0 Å². The molecule has 1 aliphatic carbocycles. The molecule has 1 fully saturated rings. The van der Waals surface area contributed by atoms with Gasteiger partial charge in [0.15, 0.2) is 0 Å². The van der Waals surface area contributed by atoms with Crippen LogP contribution < -0.4 is 0 Å². The van der Waals surface area contributed by atoms with Crippen molar-refractivity contribution in [1.82, 2.24) is 0 Å². The van der Waals surface area contributed by atoms with Crippen LogP contribution in [0.15, 0.2) is 28.7 Å². The molecule has 1 aromatic carbocycles. The molecule has 1 aromatic rings. The van der Waals surface area contributed by atoms with Crippen molar-refractivity contribution in [3.05, 3.63) is 34.3 Å². The normalized spacial score (nSPS) is 27.5. The van der Waals surface area contributed by atoms with Gasteiger partial charge in [0.2, 0.25) is 0 Å². The second kappa shape index (κ2) is 6.67. The average molecular weight is 365 g/mol. The minimum absolute atomic E-state index is 0.396. The Morgan fingerprint density at radius 2 is 1.41 bits per heavy atom. The van der Waals surface area contributed by atoms with Gasteiger partial charge >= 0.3 is 0 Å². The maximum absolute atomic E-state index is 3.78. The second-order valence-corrected chi connectivity index (χ2v) is 10.2. The molecule has 1 saturated carbocycles. The van der Waals surface area contributed by atoms with E-state index in [1.165, 1.54) is 35.7 Å². The van der Waals surface area contributed by atoms with E-state index in [1.54, 1.807) is 0 Å². The number of rotatable bonds is 1. The fraction of sp³-hybridized carbons (Fsp3) is 0.714. The third-order valence-electron chi connectivity index (χ3n) is 5.80. The first-order chi connectivity index (χ1) is 10.1. The molecule has 0 nitrogen and oxygen atoms in total. The predicted octanol–water partition coefficient (Wildman–Crippen LogP) is 7.43. The van der Waals surface area contributed by atoms with Crippen molar-refractivity contribution in [1.29, 1.82) is 0 Å². The van der Waals surface area contributed by atoms with Gasteiger partial charge in [0.05, 0.1) is 0 Å². The van der Waals surface area contributed by atoms with Gasteiger partial charge in [-0.15, -0.1) is 0 Å². The SMILES string of the molecule is CC(C)(C)C1CCC(c2ccccc2Br)CC(C(C)(C)C)C1. The Bertz CT molecular complexity index is 489. The third kappa shape index (κ3) is 4.37. The highest BCUT2D eigenvalue weighted by molar-refractivity contribution is 9.10. The van der Waals surface area contributed by atoms with Crippen LogP contribution >= 0.6 is 15.9 Å². The molecule has 3 unspecified atom stereocenters. The van der Waals surface area contributed by atoms with Crippen LogP contribution in [0.2, 0.25) is 0 Å². The molecular weight excluding hydrogens is 332 g/mol. The second-order valence-electron chi connectivity index (χ2n) is 9.39. The van der Waals surface area contributed by atoms with Crippen molar-refractivity contribution < 1.29 is 0 Å². The molecule has 0 bridgehead atoms. The van der Waals surface area contributed by atoms with Gasteiger partial charge in [0.1, 0.15) is 0 Å². The Morgan fingerprint density at radius 3 is 1.95 bits per heavy atom. The van der Waals surface area contributed by atoms with Crippen LogP contribution in [0.3, 0.4) is 0 Å². The molecule has 1 heteroatoms. The van der Waals surface area contributed by atoms with Crippen molar-refractivity contribution in [3.8, 4) is 0 Å². The van der Waals surface area contributed by atoms with Crippen molar-refractivity contribution in [2.24, 2.45) is 22.7 Å². The zero-order valence-electron chi connectivity index (χ0n) is 15.2. The standard InChI is InChI=1S/C21H33Br/c1-20(2,3)16-12-11-15(13-17(14-16)21(4,5)6)18-9-7-8-10-19(18)22/h7-10,15-17H,11-14H2,1-6H3. The van der Waals surface area contributed by atoms with Crippen molar-refractivity contribution in [2.75, 3.05) is 0 Å². The predicted molar refractivity (Wildman–Crippen MR) is 101 cm³/mol. The summed E-state index contributed by atoms with van der Waals surface area (Å²) in [6.45, 7) is 14.6. The van der Waals surface area contributed by atoms with E-state index < -0.39 is 0 Å². The highest BCUT2D eigenvalue weighted by Crippen LogP contribution is 2.49. The molecule has 0 aromatic heterocycles. The molecular formula is C21H33Br. The molecule has 22 heavy (non-hydrogen) atoms. The van der Waals surface area contributed by atoms with Crippen molar-refractivity contribution in [3.63, 3.8) is 0 Å². The van der Waals surface area contributed by atoms with E-state index in [2.05, 4.69) is 81.7 Å². The molecule has 0 saturated heterocycles.